The van der Waals surface area contributed by atoms with Crippen LogP contribution in [0.25, 0.3) is 0 Å². The number of benzene rings is 1. The summed E-state index contributed by atoms with van der Waals surface area (Å²) in [6.45, 7) is 2.23. The van der Waals surface area contributed by atoms with Crippen molar-refractivity contribution in [1.82, 2.24) is 15.3 Å². The van der Waals surface area contributed by atoms with E-state index in [-0.39, 0.29) is 0 Å². The van der Waals surface area contributed by atoms with Crippen LogP contribution in [-0.2, 0) is 17.0 Å². The Balaban J connectivity index is 1.86. The summed E-state index contributed by atoms with van der Waals surface area (Å²) in [5, 5.41) is 4.02. The molecule has 1 heterocycles. The van der Waals surface area contributed by atoms with Gasteiger partial charge in [-0.15, -0.1) is 11.8 Å². The van der Waals surface area contributed by atoms with E-state index in [1.807, 2.05) is 30.3 Å². The maximum atomic E-state index is 5.97. The zero-order valence-corrected chi connectivity index (χ0v) is 13.5. The van der Waals surface area contributed by atoms with E-state index >= 15 is 0 Å². The maximum Gasteiger partial charge on any atom is 0.138 e. The fourth-order valence-corrected chi connectivity index (χ4v) is 2.78. The Hall–Kier alpha value is -1.14. The average Bonchev–Trinajstić information content (AvgIpc) is 2.50. The van der Waals surface area contributed by atoms with Crippen molar-refractivity contribution >= 4 is 23.4 Å². The molecule has 0 fully saturated rings. The normalized spacial score (nSPS) is 10.8. The van der Waals surface area contributed by atoms with Crippen molar-refractivity contribution in [1.29, 1.82) is 0 Å². The molecule has 0 saturated carbocycles. The number of hydrogen-bond acceptors (Lipinski definition) is 5. The quantitative estimate of drug-likeness (QED) is 0.597. The molecule has 1 aromatic carbocycles. The highest BCUT2D eigenvalue weighted by molar-refractivity contribution is 7.98. The molecule has 0 atom stereocenters. The highest BCUT2D eigenvalue weighted by Crippen LogP contribution is 2.23. The van der Waals surface area contributed by atoms with Crippen LogP contribution >= 0.6 is 23.4 Å². The van der Waals surface area contributed by atoms with Crippen molar-refractivity contribution in [2.24, 2.45) is 0 Å². The van der Waals surface area contributed by atoms with Crippen molar-refractivity contribution in [2.75, 3.05) is 20.3 Å². The molecule has 21 heavy (non-hydrogen) atoms. The largest absolute Gasteiger partial charge is 0.383 e. The number of hydrogen-bond donors (Lipinski definition) is 1. The number of thioether (sulfide) groups is 1. The number of rotatable bonds is 8. The Morgan fingerprint density at radius 1 is 1.33 bits per heavy atom. The van der Waals surface area contributed by atoms with Crippen molar-refractivity contribution in [3.05, 3.63) is 53.1 Å². The third-order valence-corrected chi connectivity index (χ3v) is 3.94. The lowest BCUT2D eigenvalue weighted by Crippen LogP contribution is -2.19. The van der Waals surface area contributed by atoms with Crippen LogP contribution in [0.4, 0.5) is 0 Å². The van der Waals surface area contributed by atoms with Gasteiger partial charge in [-0.05, 0) is 24.3 Å². The van der Waals surface area contributed by atoms with Crippen molar-refractivity contribution in [2.45, 2.75) is 17.2 Å². The van der Waals surface area contributed by atoms with Crippen LogP contribution in [-0.4, -0.2) is 30.2 Å². The van der Waals surface area contributed by atoms with Gasteiger partial charge in [0.2, 0.25) is 0 Å². The summed E-state index contributed by atoms with van der Waals surface area (Å²) in [6.07, 6.45) is 1.80. The predicted molar refractivity (Wildman–Crippen MR) is 86.6 cm³/mol. The minimum atomic E-state index is 0.697. The first-order valence-electron chi connectivity index (χ1n) is 6.67. The molecule has 2 rings (SSSR count). The molecular formula is C15H18ClN3OS. The molecule has 112 valence electrons. The molecule has 4 nitrogen and oxygen atoms in total. The van der Waals surface area contributed by atoms with Gasteiger partial charge in [0.25, 0.3) is 0 Å². The summed E-state index contributed by atoms with van der Waals surface area (Å²) in [6, 6.07) is 9.72. The summed E-state index contributed by atoms with van der Waals surface area (Å²) in [5.74, 6) is 1.55. The van der Waals surface area contributed by atoms with E-state index < -0.39 is 0 Å². The highest BCUT2D eigenvalue weighted by atomic mass is 35.5. The monoisotopic (exact) mass is 323 g/mol. The Bertz CT molecular complexity index is 568. The maximum absolute atomic E-state index is 5.97. The van der Waals surface area contributed by atoms with Crippen LogP contribution in [0.15, 0.2) is 41.4 Å². The second-order valence-electron chi connectivity index (χ2n) is 4.38. The fraction of sp³-hybridized carbons (Fsp3) is 0.333. The summed E-state index contributed by atoms with van der Waals surface area (Å²) in [7, 11) is 1.69. The number of ether oxygens (including phenoxy) is 1. The number of aromatic nitrogens is 2. The van der Waals surface area contributed by atoms with Crippen molar-refractivity contribution in [3.63, 3.8) is 0 Å². The molecule has 2 aromatic rings. The van der Waals surface area contributed by atoms with Gasteiger partial charge in [0.1, 0.15) is 5.82 Å². The molecule has 0 aliphatic carbocycles. The van der Waals surface area contributed by atoms with E-state index in [2.05, 4.69) is 15.3 Å². The first-order valence-corrected chi connectivity index (χ1v) is 8.03. The SMILES string of the molecule is COCCNCc1ccnc(CSc2cccc(Cl)c2)n1. The van der Waals surface area contributed by atoms with Crippen LogP contribution in [0.2, 0.25) is 5.02 Å². The van der Waals surface area contributed by atoms with E-state index in [9.17, 15) is 0 Å². The smallest absolute Gasteiger partial charge is 0.138 e. The molecule has 0 aliphatic rings. The molecule has 0 aliphatic heterocycles. The highest BCUT2D eigenvalue weighted by Gasteiger charge is 2.02. The van der Waals surface area contributed by atoms with Crippen LogP contribution in [0.5, 0.6) is 0 Å². The summed E-state index contributed by atoms with van der Waals surface area (Å²) in [4.78, 5) is 9.96. The van der Waals surface area contributed by atoms with Gasteiger partial charge in [0, 0.05) is 36.3 Å². The lowest BCUT2D eigenvalue weighted by Gasteiger charge is -2.06. The molecule has 1 aromatic heterocycles. The molecule has 0 saturated heterocycles. The van der Waals surface area contributed by atoms with E-state index in [0.717, 1.165) is 40.3 Å². The van der Waals surface area contributed by atoms with Gasteiger partial charge in [-0.25, -0.2) is 9.97 Å². The van der Waals surface area contributed by atoms with Gasteiger partial charge >= 0.3 is 0 Å². The third-order valence-electron chi connectivity index (χ3n) is 2.72. The zero-order chi connectivity index (χ0) is 14.9. The Morgan fingerprint density at radius 2 is 2.24 bits per heavy atom. The molecule has 0 unspecified atom stereocenters. The van der Waals surface area contributed by atoms with Crippen molar-refractivity contribution < 1.29 is 4.74 Å². The molecule has 1 N–H and O–H groups in total. The number of methoxy groups -OCH3 is 1. The molecule has 0 radical (unpaired) electrons. The van der Waals surface area contributed by atoms with E-state index in [0.29, 0.717) is 6.61 Å². The average molecular weight is 324 g/mol. The zero-order valence-electron chi connectivity index (χ0n) is 11.9. The number of halogens is 1. The molecular weight excluding hydrogens is 306 g/mol. The minimum Gasteiger partial charge on any atom is -0.383 e. The fourth-order valence-electron chi connectivity index (χ4n) is 1.70. The number of nitrogens with one attached hydrogen (secondary N) is 1. The molecule has 0 bridgehead atoms. The second kappa shape index (κ2) is 9.00. The van der Waals surface area contributed by atoms with Gasteiger partial charge in [-0.2, -0.15) is 0 Å². The predicted octanol–water partition coefficient (Wildman–Crippen LogP) is 3.16. The summed E-state index contributed by atoms with van der Waals surface area (Å²) in [5.41, 5.74) is 0.989. The van der Waals surface area contributed by atoms with Gasteiger partial charge in [0.15, 0.2) is 0 Å². The molecule has 0 spiro atoms. The van der Waals surface area contributed by atoms with Crippen LogP contribution in [0, 0.1) is 0 Å². The lowest BCUT2D eigenvalue weighted by atomic mass is 10.4. The standard InChI is InChI=1S/C15H18ClN3OS/c1-20-8-7-17-10-13-5-6-18-15(19-13)11-21-14-4-2-3-12(16)9-14/h2-6,9,17H,7-8,10-11H2,1H3. The molecule has 6 heteroatoms. The topological polar surface area (TPSA) is 47.0 Å². The van der Waals surface area contributed by atoms with E-state index in [1.165, 1.54) is 0 Å². The van der Waals surface area contributed by atoms with Gasteiger partial charge in [-0.3, -0.25) is 0 Å². The first-order chi connectivity index (χ1) is 10.3. The Kier molecular flexibility index (Phi) is 6.95. The van der Waals surface area contributed by atoms with Crippen LogP contribution in [0.1, 0.15) is 11.5 Å². The first kappa shape index (κ1) is 16.2. The Labute approximate surface area is 134 Å². The Morgan fingerprint density at radius 3 is 3.05 bits per heavy atom. The minimum absolute atomic E-state index is 0.697. The number of nitrogens with zero attached hydrogens (tertiary/aromatic N) is 2. The van der Waals surface area contributed by atoms with Crippen LogP contribution < -0.4 is 5.32 Å². The van der Waals surface area contributed by atoms with Gasteiger partial charge in [0.05, 0.1) is 18.1 Å². The lowest BCUT2D eigenvalue weighted by molar-refractivity contribution is 0.199. The molecule has 0 amide bonds. The summed E-state index contributed by atoms with van der Waals surface area (Å²) < 4.78 is 4.99. The van der Waals surface area contributed by atoms with Gasteiger partial charge in [-0.1, -0.05) is 17.7 Å². The second-order valence-corrected chi connectivity index (χ2v) is 5.87. The van der Waals surface area contributed by atoms with Gasteiger partial charge < -0.3 is 10.1 Å². The van der Waals surface area contributed by atoms with E-state index in [1.54, 1.807) is 25.1 Å². The third kappa shape index (κ3) is 6.01. The van der Waals surface area contributed by atoms with Crippen molar-refractivity contribution in [3.8, 4) is 0 Å². The summed E-state index contributed by atoms with van der Waals surface area (Å²) >= 11 is 7.65. The van der Waals surface area contributed by atoms with Crippen LogP contribution in [0.3, 0.4) is 0 Å². The van der Waals surface area contributed by atoms with E-state index in [4.69, 9.17) is 16.3 Å².